The fourth-order valence-corrected chi connectivity index (χ4v) is 5.61. The highest BCUT2D eigenvalue weighted by molar-refractivity contribution is 6.05. The minimum absolute atomic E-state index is 0.0350. The van der Waals surface area contributed by atoms with Crippen LogP contribution < -0.4 is 9.47 Å². The first-order valence-corrected chi connectivity index (χ1v) is 13.2. The number of hydrogen-bond donors (Lipinski definition) is 0. The third kappa shape index (κ3) is 5.11. The molecule has 8 nitrogen and oxygen atoms in total. The maximum Gasteiger partial charge on any atom is 0.271 e. The average Bonchev–Trinajstić information content (AvgIpc) is 3.51. The average molecular weight is 500 g/mol. The first-order chi connectivity index (χ1) is 17.3. The van der Waals surface area contributed by atoms with E-state index in [9.17, 15) is 9.59 Å². The van der Waals surface area contributed by atoms with E-state index in [2.05, 4.69) is 11.8 Å². The summed E-state index contributed by atoms with van der Waals surface area (Å²) in [4.78, 5) is 30.4. The van der Waals surface area contributed by atoms with Crippen molar-refractivity contribution in [2.45, 2.75) is 58.5 Å². The molecule has 1 aliphatic carbocycles. The van der Waals surface area contributed by atoms with E-state index in [-0.39, 0.29) is 11.7 Å². The van der Waals surface area contributed by atoms with Crippen molar-refractivity contribution in [1.82, 2.24) is 14.4 Å². The van der Waals surface area contributed by atoms with Crippen molar-refractivity contribution in [3.63, 3.8) is 0 Å². The smallest absolute Gasteiger partial charge is 0.271 e. The molecule has 0 bridgehead atoms. The van der Waals surface area contributed by atoms with Gasteiger partial charge in [0.1, 0.15) is 22.7 Å². The van der Waals surface area contributed by atoms with Crippen molar-refractivity contribution in [3.8, 4) is 11.5 Å². The Morgan fingerprint density at radius 1 is 1.08 bits per heavy atom. The van der Waals surface area contributed by atoms with Gasteiger partial charge in [0.15, 0.2) is 5.78 Å². The highest BCUT2D eigenvalue weighted by Crippen LogP contribution is 2.40. The van der Waals surface area contributed by atoms with Crippen molar-refractivity contribution >= 4 is 22.6 Å². The first-order valence-electron chi connectivity index (χ1n) is 13.2. The Hall–Kier alpha value is -2.58. The standard InChI is InChI=1S/C22H29N3O5.C6H12/c1-15(26)22(2)14-24-17(13-16-18(28-3)5-6-19(29-4)20(16)24)21(27)25(22)8-7-23-9-11-30-12-10-23;1-6-4-2-3-5-6/h5-6,13H,7-12,14H2,1-4H3;6H,2-5H2,1H3. The summed E-state index contributed by atoms with van der Waals surface area (Å²) in [5.41, 5.74) is 0.394. The fraction of sp³-hybridized carbons (Fsp3) is 0.643. The summed E-state index contributed by atoms with van der Waals surface area (Å²) in [6.45, 7) is 10.4. The number of methoxy groups -OCH3 is 2. The van der Waals surface area contributed by atoms with Gasteiger partial charge in [-0.05, 0) is 38.0 Å². The Morgan fingerprint density at radius 3 is 2.28 bits per heavy atom. The molecule has 36 heavy (non-hydrogen) atoms. The van der Waals surface area contributed by atoms with E-state index >= 15 is 0 Å². The number of carbonyl (C=O) groups excluding carboxylic acids is 2. The van der Waals surface area contributed by atoms with Crippen LogP contribution >= 0.6 is 0 Å². The van der Waals surface area contributed by atoms with Gasteiger partial charge in [0, 0.05) is 31.6 Å². The minimum atomic E-state index is -0.934. The second-order valence-corrected chi connectivity index (χ2v) is 10.5. The molecule has 5 rings (SSSR count). The summed E-state index contributed by atoms with van der Waals surface area (Å²) in [7, 11) is 3.21. The largest absolute Gasteiger partial charge is 0.496 e. The van der Waals surface area contributed by atoms with Crippen LogP contribution in [0.15, 0.2) is 18.2 Å². The lowest BCUT2D eigenvalue weighted by atomic mass is 9.91. The number of hydrogen-bond acceptors (Lipinski definition) is 6. The van der Waals surface area contributed by atoms with Crippen LogP contribution in [0.5, 0.6) is 11.5 Å². The molecule has 1 aromatic heterocycles. The van der Waals surface area contributed by atoms with Crippen LogP contribution in [0.4, 0.5) is 0 Å². The molecule has 8 heteroatoms. The number of amides is 1. The van der Waals surface area contributed by atoms with E-state index in [4.69, 9.17) is 14.2 Å². The maximum absolute atomic E-state index is 13.6. The lowest BCUT2D eigenvalue weighted by Gasteiger charge is -2.44. The Morgan fingerprint density at radius 2 is 1.72 bits per heavy atom. The molecule has 198 valence electrons. The van der Waals surface area contributed by atoms with Gasteiger partial charge in [0.05, 0.1) is 39.5 Å². The predicted molar refractivity (Wildman–Crippen MR) is 140 cm³/mol. The fourth-order valence-electron chi connectivity index (χ4n) is 5.61. The number of ketones is 1. The monoisotopic (exact) mass is 499 g/mol. The van der Waals surface area contributed by atoms with E-state index < -0.39 is 5.54 Å². The molecule has 0 N–H and O–H groups in total. The molecular formula is C28H41N3O5. The van der Waals surface area contributed by atoms with Gasteiger partial charge in [-0.15, -0.1) is 0 Å². The number of Topliss-reactive ketones (excluding diaryl/α,β-unsaturated/α-hetero) is 1. The molecular weight excluding hydrogens is 458 g/mol. The Bertz CT molecular complexity index is 1080. The van der Waals surface area contributed by atoms with Crippen LogP contribution in [0.2, 0.25) is 0 Å². The second-order valence-electron chi connectivity index (χ2n) is 10.5. The van der Waals surface area contributed by atoms with Crippen molar-refractivity contribution < 1.29 is 23.8 Å². The van der Waals surface area contributed by atoms with Gasteiger partial charge in [-0.25, -0.2) is 0 Å². The van der Waals surface area contributed by atoms with E-state index in [1.54, 1.807) is 26.0 Å². The summed E-state index contributed by atoms with van der Waals surface area (Å²) >= 11 is 0. The number of morpholine rings is 1. The van der Waals surface area contributed by atoms with Crippen LogP contribution in [0.25, 0.3) is 10.9 Å². The molecule has 1 amide bonds. The number of aromatic nitrogens is 1. The van der Waals surface area contributed by atoms with E-state index in [0.29, 0.717) is 50.0 Å². The topological polar surface area (TPSA) is 73.2 Å². The normalized spacial score (nSPS) is 22.8. The molecule has 1 saturated carbocycles. The molecule has 0 radical (unpaired) electrons. The Kier molecular flexibility index (Phi) is 8.25. The van der Waals surface area contributed by atoms with E-state index in [1.807, 2.05) is 29.7 Å². The SMILES string of the molecule is CC1CCCC1.COc1ccc(OC)c2c1cc1n2CC(C)(C(C)=O)N(CCN2CCOCC2)C1=O. The Balaban J connectivity index is 0.000000445. The van der Waals surface area contributed by atoms with E-state index in [0.717, 1.165) is 29.9 Å². The van der Waals surface area contributed by atoms with Crippen LogP contribution in [0.3, 0.4) is 0 Å². The molecule has 2 aliphatic heterocycles. The van der Waals surface area contributed by atoms with Crippen molar-refractivity contribution in [3.05, 3.63) is 23.9 Å². The maximum atomic E-state index is 13.6. The predicted octanol–water partition coefficient (Wildman–Crippen LogP) is 3.99. The molecule has 3 aliphatic rings. The van der Waals surface area contributed by atoms with Gasteiger partial charge >= 0.3 is 0 Å². The summed E-state index contributed by atoms with van der Waals surface area (Å²) in [5.74, 6) is 2.19. The lowest BCUT2D eigenvalue weighted by Crippen LogP contribution is -2.61. The van der Waals surface area contributed by atoms with Gasteiger partial charge in [-0.1, -0.05) is 32.6 Å². The molecule has 2 aromatic rings. The van der Waals surface area contributed by atoms with Crippen LogP contribution in [-0.4, -0.2) is 85.2 Å². The highest BCUT2D eigenvalue weighted by Gasteiger charge is 2.46. The molecule has 2 fully saturated rings. The minimum Gasteiger partial charge on any atom is -0.496 e. The van der Waals surface area contributed by atoms with Gasteiger partial charge in [-0.2, -0.15) is 0 Å². The molecule has 1 atom stereocenters. The molecule has 1 aromatic carbocycles. The van der Waals surface area contributed by atoms with Gasteiger partial charge < -0.3 is 23.7 Å². The third-order valence-corrected chi connectivity index (χ3v) is 8.09. The number of ether oxygens (including phenoxy) is 3. The summed E-state index contributed by atoms with van der Waals surface area (Å²) < 4.78 is 18.4. The van der Waals surface area contributed by atoms with Crippen LogP contribution in [0, 0.1) is 5.92 Å². The Labute approximate surface area is 214 Å². The van der Waals surface area contributed by atoms with Gasteiger partial charge in [0.25, 0.3) is 5.91 Å². The van der Waals surface area contributed by atoms with Crippen molar-refractivity contribution in [1.29, 1.82) is 0 Å². The third-order valence-electron chi connectivity index (χ3n) is 8.09. The highest BCUT2D eigenvalue weighted by atomic mass is 16.5. The zero-order valence-corrected chi connectivity index (χ0v) is 22.5. The first kappa shape index (κ1) is 26.5. The number of nitrogens with zero attached hydrogens (tertiary/aromatic N) is 3. The van der Waals surface area contributed by atoms with Gasteiger partial charge in [0.2, 0.25) is 0 Å². The quantitative estimate of drug-likeness (QED) is 0.599. The zero-order chi connectivity index (χ0) is 25.9. The molecule has 1 saturated heterocycles. The molecule has 3 heterocycles. The number of benzene rings is 1. The van der Waals surface area contributed by atoms with Gasteiger partial charge in [-0.3, -0.25) is 14.5 Å². The van der Waals surface area contributed by atoms with Crippen LogP contribution in [0.1, 0.15) is 56.9 Å². The van der Waals surface area contributed by atoms with E-state index in [1.165, 1.54) is 25.7 Å². The van der Waals surface area contributed by atoms with Crippen molar-refractivity contribution in [2.75, 3.05) is 53.6 Å². The lowest BCUT2D eigenvalue weighted by molar-refractivity contribution is -0.128. The summed E-state index contributed by atoms with van der Waals surface area (Å²) in [5, 5.41) is 0.807. The molecule has 0 spiro atoms. The number of carbonyl (C=O) groups is 2. The zero-order valence-electron chi connectivity index (χ0n) is 22.5. The summed E-state index contributed by atoms with van der Waals surface area (Å²) in [6.07, 6.45) is 5.95. The number of fused-ring (bicyclic) bond motifs is 3. The van der Waals surface area contributed by atoms with Crippen LogP contribution in [-0.2, 0) is 16.1 Å². The summed E-state index contributed by atoms with van der Waals surface area (Å²) in [6, 6.07) is 5.51. The van der Waals surface area contributed by atoms with Crippen molar-refractivity contribution in [2.24, 2.45) is 5.92 Å². The number of rotatable bonds is 6. The molecule has 1 unspecified atom stereocenters. The second kappa shape index (κ2) is 11.2.